The van der Waals surface area contributed by atoms with Crippen molar-refractivity contribution >= 4 is 49.3 Å². The molecule has 2 aromatic heterocycles. The number of fused-ring (bicyclic) bond motifs is 2. The van der Waals surface area contributed by atoms with Crippen LogP contribution in [0.3, 0.4) is 0 Å². The number of benzene rings is 2. The number of aromatic nitrogens is 2. The van der Waals surface area contributed by atoms with E-state index in [2.05, 4.69) is 36.1 Å². The highest BCUT2D eigenvalue weighted by Crippen LogP contribution is 2.39. The number of halogens is 1. The Morgan fingerprint density at radius 3 is 2.72 bits per heavy atom. The Hall–Kier alpha value is -3.26. The van der Waals surface area contributed by atoms with Gasteiger partial charge in [0.15, 0.2) is 5.69 Å². The fraction of sp³-hybridized carbons (Fsp3) is 0.143. The summed E-state index contributed by atoms with van der Waals surface area (Å²) in [5, 5.41) is 19.5. The van der Waals surface area contributed by atoms with Crippen molar-refractivity contribution in [3.05, 3.63) is 57.7 Å². The van der Waals surface area contributed by atoms with Crippen LogP contribution in [0.25, 0.3) is 21.8 Å². The van der Waals surface area contributed by atoms with E-state index in [4.69, 9.17) is 4.74 Å². The van der Waals surface area contributed by atoms with Gasteiger partial charge < -0.3 is 14.8 Å². The third-order valence-corrected chi connectivity index (χ3v) is 5.20. The zero-order valence-electron chi connectivity index (χ0n) is 15.9. The topological polar surface area (TPSA) is 99.9 Å². The number of amides is 1. The molecule has 8 heteroatoms. The fourth-order valence-electron chi connectivity index (χ4n) is 3.25. The van der Waals surface area contributed by atoms with Crippen molar-refractivity contribution in [1.29, 1.82) is 0 Å². The lowest BCUT2D eigenvalue weighted by molar-refractivity contribution is 0.0996. The van der Waals surface area contributed by atoms with Crippen LogP contribution < -0.4 is 4.74 Å². The Balaban J connectivity index is 1.80. The third-order valence-electron chi connectivity index (χ3n) is 4.57. The first-order valence-corrected chi connectivity index (χ1v) is 9.59. The van der Waals surface area contributed by atoms with Crippen LogP contribution in [0.5, 0.6) is 11.6 Å². The Labute approximate surface area is 174 Å². The molecule has 0 spiro atoms. The van der Waals surface area contributed by atoms with E-state index < -0.39 is 5.91 Å². The van der Waals surface area contributed by atoms with Crippen LogP contribution >= 0.6 is 15.9 Å². The summed E-state index contributed by atoms with van der Waals surface area (Å²) in [4.78, 5) is 20.2. The van der Waals surface area contributed by atoms with E-state index in [9.17, 15) is 9.90 Å². The Morgan fingerprint density at radius 1 is 1.17 bits per heavy atom. The highest BCUT2D eigenvalue weighted by Gasteiger charge is 2.16. The molecular formula is C21H17BrN4O3. The second kappa shape index (κ2) is 7.29. The first kappa shape index (κ1) is 19.1. The SMILES string of the molecule is COc1ccc2nc(C)cc(C(=O)N=Nc3c(O)[nH]c4c(Br)cc(C)cc34)c2c1. The molecule has 0 aliphatic rings. The average molecular weight is 453 g/mol. The number of H-pyrrole nitrogens is 1. The summed E-state index contributed by atoms with van der Waals surface area (Å²) in [5.74, 6) is -0.0711. The summed E-state index contributed by atoms with van der Waals surface area (Å²) < 4.78 is 6.05. The lowest BCUT2D eigenvalue weighted by atomic mass is 10.1. The minimum absolute atomic E-state index is 0.153. The smallest absolute Gasteiger partial charge is 0.296 e. The van der Waals surface area contributed by atoms with E-state index in [0.717, 1.165) is 10.0 Å². The second-order valence-electron chi connectivity index (χ2n) is 6.69. The molecule has 4 aromatic rings. The van der Waals surface area contributed by atoms with E-state index in [1.807, 2.05) is 26.0 Å². The molecule has 2 heterocycles. The number of carbonyl (C=O) groups excluding carboxylic acids is 1. The molecule has 0 saturated carbocycles. The summed E-state index contributed by atoms with van der Waals surface area (Å²) in [6.45, 7) is 3.74. The number of aromatic amines is 1. The minimum Gasteiger partial charge on any atom is -0.497 e. The first-order chi connectivity index (χ1) is 13.9. The van der Waals surface area contributed by atoms with Gasteiger partial charge in [-0.15, -0.1) is 10.2 Å². The number of hydrogen-bond acceptors (Lipinski definition) is 5. The zero-order valence-corrected chi connectivity index (χ0v) is 17.5. The molecule has 146 valence electrons. The molecule has 4 rings (SSSR count). The summed E-state index contributed by atoms with van der Waals surface area (Å²) in [6.07, 6.45) is 0. The van der Waals surface area contributed by atoms with E-state index in [1.165, 1.54) is 0 Å². The van der Waals surface area contributed by atoms with Crippen LogP contribution in [0.1, 0.15) is 21.6 Å². The number of ether oxygens (including phenoxy) is 1. The fourth-order valence-corrected chi connectivity index (χ4v) is 3.93. The van der Waals surface area contributed by atoms with Gasteiger partial charge in [-0.1, -0.05) is 0 Å². The van der Waals surface area contributed by atoms with Crippen LogP contribution in [0.15, 0.2) is 51.1 Å². The zero-order chi connectivity index (χ0) is 20.7. The van der Waals surface area contributed by atoms with E-state index in [-0.39, 0.29) is 11.6 Å². The normalized spacial score (nSPS) is 11.6. The number of rotatable bonds is 3. The van der Waals surface area contributed by atoms with Crippen molar-refractivity contribution in [1.82, 2.24) is 9.97 Å². The number of pyridine rings is 1. The van der Waals surface area contributed by atoms with Crippen molar-refractivity contribution in [2.75, 3.05) is 7.11 Å². The van der Waals surface area contributed by atoms with Crippen LogP contribution in [-0.4, -0.2) is 28.1 Å². The number of carbonyl (C=O) groups is 1. The monoisotopic (exact) mass is 452 g/mol. The number of nitrogens with one attached hydrogen (secondary N) is 1. The van der Waals surface area contributed by atoms with Gasteiger partial charge in [-0.2, -0.15) is 0 Å². The predicted molar refractivity (Wildman–Crippen MR) is 114 cm³/mol. The van der Waals surface area contributed by atoms with Gasteiger partial charge in [0.25, 0.3) is 5.91 Å². The predicted octanol–water partition coefficient (Wildman–Crippen LogP) is 5.73. The molecule has 0 aliphatic heterocycles. The third kappa shape index (κ3) is 3.47. The lowest BCUT2D eigenvalue weighted by Crippen LogP contribution is -1.99. The summed E-state index contributed by atoms with van der Waals surface area (Å²) in [6, 6.07) is 10.8. The van der Waals surface area contributed by atoms with E-state index in [0.29, 0.717) is 38.8 Å². The maximum Gasteiger partial charge on any atom is 0.296 e. The number of hydrogen-bond donors (Lipinski definition) is 2. The molecule has 29 heavy (non-hydrogen) atoms. The van der Waals surface area contributed by atoms with Gasteiger partial charge in [0.2, 0.25) is 5.88 Å². The van der Waals surface area contributed by atoms with E-state index >= 15 is 0 Å². The number of methoxy groups -OCH3 is 1. The van der Waals surface area contributed by atoms with Crippen molar-refractivity contribution in [3.63, 3.8) is 0 Å². The molecule has 2 aromatic carbocycles. The van der Waals surface area contributed by atoms with Crippen LogP contribution in [0.2, 0.25) is 0 Å². The van der Waals surface area contributed by atoms with Crippen molar-refractivity contribution < 1.29 is 14.6 Å². The van der Waals surface area contributed by atoms with Gasteiger partial charge in [-0.25, -0.2) is 0 Å². The minimum atomic E-state index is -0.533. The van der Waals surface area contributed by atoms with Crippen LogP contribution in [0.4, 0.5) is 5.69 Å². The largest absolute Gasteiger partial charge is 0.497 e. The number of aryl methyl sites for hydroxylation is 2. The second-order valence-corrected chi connectivity index (χ2v) is 7.55. The molecule has 2 N–H and O–H groups in total. The Bertz CT molecular complexity index is 1310. The van der Waals surface area contributed by atoms with Gasteiger partial charge in [-0.3, -0.25) is 9.78 Å². The van der Waals surface area contributed by atoms with Crippen molar-refractivity contribution in [2.24, 2.45) is 10.2 Å². The van der Waals surface area contributed by atoms with Gasteiger partial charge in [0.1, 0.15) is 5.75 Å². The summed E-state index contributed by atoms with van der Waals surface area (Å²) in [5.41, 5.74) is 3.60. The van der Waals surface area contributed by atoms with Crippen LogP contribution in [0, 0.1) is 13.8 Å². The van der Waals surface area contributed by atoms with Crippen LogP contribution in [-0.2, 0) is 0 Å². The van der Waals surface area contributed by atoms with Gasteiger partial charge in [0, 0.05) is 20.9 Å². The molecule has 0 bridgehead atoms. The molecule has 1 amide bonds. The number of azo groups is 1. The Kier molecular flexibility index (Phi) is 4.79. The molecule has 0 radical (unpaired) electrons. The summed E-state index contributed by atoms with van der Waals surface area (Å²) >= 11 is 3.46. The lowest BCUT2D eigenvalue weighted by Gasteiger charge is -2.06. The van der Waals surface area contributed by atoms with Gasteiger partial charge in [0.05, 0.1) is 23.7 Å². The molecule has 0 saturated heterocycles. The first-order valence-electron chi connectivity index (χ1n) is 8.79. The number of aromatic hydroxyl groups is 1. The molecule has 7 nitrogen and oxygen atoms in total. The van der Waals surface area contributed by atoms with Gasteiger partial charge in [-0.05, 0) is 71.7 Å². The average Bonchev–Trinajstić information content (AvgIpc) is 3.00. The van der Waals surface area contributed by atoms with Gasteiger partial charge >= 0.3 is 0 Å². The molecular weight excluding hydrogens is 436 g/mol. The maximum absolute atomic E-state index is 12.9. The molecule has 0 fully saturated rings. The molecule has 0 unspecified atom stereocenters. The highest BCUT2D eigenvalue weighted by atomic mass is 79.9. The van der Waals surface area contributed by atoms with Crippen molar-refractivity contribution in [3.8, 4) is 11.6 Å². The number of nitrogens with zero attached hydrogens (tertiary/aromatic N) is 3. The Morgan fingerprint density at radius 2 is 1.97 bits per heavy atom. The van der Waals surface area contributed by atoms with E-state index in [1.54, 1.807) is 31.4 Å². The highest BCUT2D eigenvalue weighted by molar-refractivity contribution is 9.10. The van der Waals surface area contributed by atoms with Crippen molar-refractivity contribution in [2.45, 2.75) is 13.8 Å². The quantitative estimate of drug-likeness (QED) is 0.387. The maximum atomic E-state index is 12.9. The summed E-state index contributed by atoms with van der Waals surface area (Å²) in [7, 11) is 1.56. The molecule has 0 aliphatic carbocycles. The standard InChI is InChI=1S/C21H17BrN4O3/c1-10-6-15-18(16(22)7-10)24-21(28)19(15)25-26-20(27)14-8-11(2)23-17-5-4-12(29-3)9-13(14)17/h4-9,24,28H,1-3H3. The molecule has 0 atom stereocenters.